The number of benzene rings is 2. The summed E-state index contributed by atoms with van der Waals surface area (Å²) in [7, 11) is 1.60. The highest BCUT2D eigenvalue weighted by atomic mass is 79.9. The first-order chi connectivity index (χ1) is 10.9. The van der Waals surface area contributed by atoms with Gasteiger partial charge in [-0.2, -0.15) is 0 Å². The Morgan fingerprint density at radius 2 is 1.87 bits per heavy atom. The lowest BCUT2D eigenvalue weighted by atomic mass is 9.84. The molecular weight excluding hydrogens is 358 g/mol. The first-order valence-electron chi connectivity index (χ1n) is 7.25. The number of carbonyl (C=O) groups is 1. The number of rotatable bonds is 6. The lowest BCUT2D eigenvalue weighted by molar-refractivity contribution is -0.139. The molecule has 0 aliphatic rings. The fourth-order valence-electron chi connectivity index (χ4n) is 2.15. The number of halogens is 1. The van der Waals surface area contributed by atoms with Crippen molar-refractivity contribution >= 4 is 21.8 Å². The highest BCUT2D eigenvalue weighted by Crippen LogP contribution is 2.25. The first kappa shape index (κ1) is 17.5. The summed E-state index contributed by atoms with van der Waals surface area (Å²) in [5.41, 5.74) is 3.63. The monoisotopic (exact) mass is 377 g/mol. The zero-order valence-corrected chi connectivity index (χ0v) is 15.0. The van der Waals surface area contributed by atoms with Crippen LogP contribution in [0.4, 0.5) is 0 Å². The molecular formula is C18H20BrNO3. The summed E-state index contributed by atoms with van der Waals surface area (Å²) in [4.78, 5) is 17.8. The molecule has 0 spiro atoms. The number of hydrogen-bond donors (Lipinski definition) is 1. The van der Waals surface area contributed by atoms with Crippen molar-refractivity contribution in [3.63, 3.8) is 0 Å². The van der Waals surface area contributed by atoms with E-state index in [1.807, 2.05) is 62.4 Å². The molecule has 1 N–H and O–H groups in total. The maximum atomic E-state index is 12.4. The predicted molar refractivity (Wildman–Crippen MR) is 93.1 cm³/mol. The number of nitrogens with one attached hydrogen (secondary N) is 1. The standard InChI is InChI=1S/C18H20BrNO3/c1-18(2,14-7-5-4-6-8-14)17(21)20-23-12-13-11-15(19)9-10-16(13)22-3/h4-11H,12H2,1-3H3,(H,20,21). The number of amides is 1. The Kier molecular flexibility index (Phi) is 5.80. The van der Waals surface area contributed by atoms with Crippen LogP contribution in [-0.2, 0) is 21.7 Å². The van der Waals surface area contributed by atoms with E-state index >= 15 is 0 Å². The normalized spacial score (nSPS) is 11.1. The number of methoxy groups -OCH3 is 1. The minimum atomic E-state index is -0.678. The average Bonchev–Trinajstić information content (AvgIpc) is 2.55. The second-order valence-corrected chi connectivity index (χ2v) is 6.58. The highest BCUT2D eigenvalue weighted by molar-refractivity contribution is 9.10. The third-order valence-corrected chi connectivity index (χ3v) is 4.19. The summed E-state index contributed by atoms with van der Waals surface area (Å²) < 4.78 is 6.20. The fraction of sp³-hybridized carbons (Fsp3) is 0.278. The Hall–Kier alpha value is -1.85. The van der Waals surface area contributed by atoms with Gasteiger partial charge in [0.15, 0.2) is 0 Å². The van der Waals surface area contributed by atoms with Gasteiger partial charge in [0.05, 0.1) is 12.5 Å². The molecule has 2 aromatic rings. The topological polar surface area (TPSA) is 47.6 Å². The van der Waals surface area contributed by atoms with Crippen molar-refractivity contribution in [2.45, 2.75) is 25.9 Å². The van der Waals surface area contributed by atoms with Crippen molar-refractivity contribution in [1.29, 1.82) is 0 Å². The molecule has 0 aromatic heterocycles. The number of ether oxygens (including phenoxy) is 1. The number of carbonyl (C=O) groups excluding carboxylic acids is 1. The molecule has 2 rings (SSSR count). The summed E-state index contributed by atoms with van der Waals surface area (Å²) in [5.74, 6) is 0.516. The van der Waals surface area contributed by atoms with E-state index in [9.17, 15) is 4.79 Å². The summed E-state index contributed by atoms with van der Waals surface area (Å²) in [6, 6.07) is 15.2. The zero-order valence-electron chi connectivity index (χ0n) is 13.4. The van der Waals surface area contributed by atoms with Gasteiger partial charge >= 0.3 is 0 Å². The molecule has 122 valence electrons. The van der Waals surface area contributed by atoms with Crippen LogP contribution in [0.25, 0.3) is 0 Å². The van der Waals surface area contributed by atoms with Gasteiger partial charge in [-0.05, 0) is 37.6 Å². The lowest BCUT2D eigenvalue weighted by Crippen LogP contribution is -2.39. The van der Waals surface area contributed by atoms with Crippen LogP contribution < -0.4 is 10.2 Å². The molecule has 23 heavy (non-hydrogen) atoms. The van der Waals surface area contributed by atoms with Gasteiger partial charge in [0.25, 0.3) is 5.91 Å². The third kappa shape index (κ3) is 4.33. The molecule has 0 saturated carbocycles. The summed E-state index contributed by atoms with van der Waals surface area (Å²) in [6.45, 7) is 3.95. The van der Waals surface area contributed by atoms with Crippen LogP contribution in [0.1, 0.15) is 25.0 Å². The van der Waals surface area contributed by atoms with E-state index < -0.39 is 5.41 Å². The molecule has 0 fully saturated rings. The van der Waals surface area contributed by atoms with Gasteiger partial charge in [0.2, 0.25) is 0 Å². The first-order valence-corrected chi connectivity index (χ1v) is 8.04. The van der Waals surface area contributed by atoms with Gasteiger partial charge < -0.3 is 4.74 Å². The van der Waals surface area contributed by atoms with E-state index in [2.05, 4.69) is 21.4 Å². The number of hydrogen-bond acceptors (Lipinski definition) is 3. The third-order valence-electron chi connectivity index (χ3n) is 3.70. The molecule has 0 radical (unpaired) electrons. The molecule has 0 aliphatic heterocycles. The van der Waals surface area contributed by atoms with Crippen LogP contribution >= 0.6 is 15.9 Å². The van der Waals surface area contributed by atoms with Gasteiger partial charge in [-0.3, -0.25) is 9.63 Å². The Balaban J connectivity index is 1.99. The van der Waals surface area contributed by atoms with Crippen molar-refractivity contribution in [3.8, 4) is 5.75 Å². The van der Waals surface area contributed by atoms with Crippen molar-refractivity contribution < 1.29 is 14.4 Å². The molecule has 2 aromatic carbocycles. The predicted octanol–water partition coefficient (Wildman–Crippen LogP) is 3.98. The van der Waals surface area contributed by atoms with Crippen molar-refractivity contribution in [2.75, 3.05) is 7.11 Å². The van der Waals surface area contributed by atoms with Gasteiger partial charge in [-0.1, -0.05) is 46.3 Å². The van der Waals surface area contributed by atoms with Gasteiger partial charge in [-0.25, -0.2) is 5.48 Å². The van der Waals surface area contributed by atoms with Crippen LogP contribution in [0.15, 0.2) is 53.0 Å². The van der Waals surface area contributed by atoms with E-state index in [0.717, 1.165) is 15.6 Å². The molecule has 0 heterocycles. The van der Waals surface area contributed by atoms with E-state index in [1.165, 1.54) is 0 Å². The molecule has 0 saturated heterocycles. The molecule has 0 bridgehead atoms. The molecule has 0 atom stereocenters. The Morgan fingerprint density at radius 3 is 2.52 bits per heavy atom. The zero-order chi connectivity index (χ0) is 16.9. The molecule has 0 aliphatic carbocycles. The van der Waals surface area contributed by atoms with Crippen LogP contribution in [-0.4, -0.2) is 13.0 Å². The summed E-state index contributed by atoms with van der Waals surface area (Å²) in [6.07, 6.45) is 0. The van der Waals surface area contributed by atoms with E-state index in [-0.39, 0.29) is 12.5 Å². The SMILES string of the molecule is COc1ccc(Br)cc1CONC(=O)C(C)(C)c1ccccc1. The second-order valence-electron chi connectivity index (χ2n) is 5.67. The van der Waals surface area contributed by atoms with Gasteiger partial charge in [0, 0.05) is 10.0 Å². The van der Waals surface area contributed by atoms with Crippen LogP contribution in [0.2, 0.25) is 0 Å². The van der Waals surface area contributed by atoms with Crippen molar-refractivity contribution in [1.82, 2.24) is 5.48 Å². The molecule has 5 heteroatoms. The minimum Gasteiger partial charge on any atom is -0.496 e. The van der Waals surface area contributed by atoms with Crippen LogP contribution in [0, 0.1) is 0 Å². The maximum absolute atomic E-state index is 12.4. The number of hydroxylamine groups is 1. The van der Waals surface area contributed by atoms with Crippen molar-refractivity contribution in [2.24, 2.45) is 0 Å². The Bertz CT molecular complexity index is 671. The molecule has 4 nitrogen and oxygen atoms in total. The Morgan fingerprint density at radius 1 is 1.17 bits per heavy atom. The maximum Gasteiger partial charge on any atom is 0.253 e. The molecule has 1 amide bonds. The fourth-order valence-corrected chi connectivity index (χ4v) is 2.56. The summed E-state index contributed by atoms with van der Waals surface area (Å²) >= 11 is 3.41. The Labute approximate surface area is 144 Å². The van der Waals surface area contributed by atoms with Crippen LogP contribution in [0.3, 0.4) is 0 Å². The van der Waals surface area contributed by atoms with E-state index in [1.54, 1.807) is 7.11 Å². The average molecular weight is 378 g/mol. The van der Waals surface area contributed by atoms with Crippen molar-refractivity contribution in [3.05, 3.63) is 64.1 Å². The molecule has 0 unspecified atom stereocenters. The lowest BCUT2D eigenvalue weighted by Gasteiger charge is -2.23. The van der Waals surface area contributed by atoms with E-state index in [0.29, 0.717) is 5.75 Å². The highest BCUT2D eigenvalue weighted by Gasteiger charge is 2.29. The summed E-state index contributed by atoms with van der Waals surface area (Å²) in [5, 5.41) is 0. The largest absolute Gasteiger partial charge is 0.496 e. The second kappa shape index (κ2) is 7.62. The van der Waals surface area contributed by atoms with Gasteiger partial charge in [-0.15, -0.1) is 0 Å². The van der Waals surface area contributed by atoms with Gasteiger partial charge in [0.1, 0.15) is 12.4 Å². The smallest absolute Gasteiger partial charge is 0.253 e. The quantitative estimate of drug-likeness (QED) is 0.774. The minimum absolute atomic E-state index is 0.197. The van der Waals surface area contributed by atoms with Crippen LogP contribution in [0.5, 0.6) is 5.75 Å². The van der Waals surface area contributed by atoms with E-state index in [4.69, 9.17) is 9.57 Å².